The number of rotatable bonds is 2. The summed E-state index contributed by atoms with van der Waals surface area (Å²) in [4.78, 5) is 19.2. The maximum Gasteiger partial charge on any atom is 0.410 e. The zero-order valence-electron chi connectivity index (χ0n) is 12.5. The second-order valence-electron chi connectivity index (χ2n) is 6.09. The molecule has 1 aromatic rings. The Labute approximate surface area is 124 Å². The van der Waals surface area contributed by atoms with E-state index < -0.39 is 5.60 Å². The minimum absolute atomic E-state index is 0.202. The average Bonchev–Trinajstić information content (AvgIpc) is 2.75. The van der Waals surface area contributed by atoms with E-state index in [4.69, 9.17) is 4.74 Å². The van der Waals surface area contributed by atoms with E-state index in [9.17, 15) is 4.79 Å². The Morgan fingerprint density at radius 2 is 2.25 bits per heavy atom. The Balaban J connectivity index is 1.88. The minimum Gasteiger partial charge on any atom is -0.444 e. The van der Waals surface area contributed by atoms with E-state index in [1.807, 2.05) is 51.7 Å². The van der Waals surface area contributed by atoms with Crippen LogP contribution in [0.1, 0.15) is 32.9 Å². The molecule has 1 atom stereocenters. The molecule has 110 valence electrons. The summed E-state index contributed by atoms with van der Waals surface area (Å²) >= 11 is 1.82. The van der Waals surface area contributed by atoms with Crippen LogP contribution in [0.2, 0.25) is 0 Å². The fourth-order valence-electron chi connectivity index (χ4n) is 2.10. The first-order valence-electron chi connectivity index (χ1n) is 6.91. The highest BCUT2D eigenvalue weighted by Gasteiger charge is 2.30. The van der Waals surface area contributed by atoms with Crippen LogP contribution in [-0.2, 0) is 4.74 Å². The largest absolute Gasteiger partial charge is 0.444 e. The molecule has 0 bridgehead atoms. The fourth-order valence-corrected chi connectivity index (χ4v) is 3.34. The summed E-state index contributed by atoms with van der Waals surface area (Å²) in [6, 6.07) is 4.11. The Kier molecular flexibility index (Phi) is 4.58. The van der Waals surface area contributed by atoms with Crippen LogP contribution in [-0.4, -0.2) is 39.9 Å². The molecule has 1 amide bonds. The smallest absolute Gasteiger partial charge is 0.410 e. The van der Waals surface area contributed by atoms with Gasteiger partial charge in [0.05, 0.1) is 0 Å². The number of pyridine rings is 1. The number of ether oxygens (including phenoxy) is 1. The van der Waals surface area contributed by atoms with Crippen LogP contribution in [0.4, 0.5) is 4.79 Å². The summed E-state index contributed by atoms with van der Waals surface area (Å²) in [5.41, 5.74) is 0.599. The van der Waals surface area contributed by atoms with Crippen molar-refractivity contribution in [2.75, 3.05) is 13.1 Å². The highest BCUT2D eigenvalue weighted by atomic mass is 32.2. The van der Waals surface area contributed by atoms with E-state index in [-0.39, 0.29) is 6.09 Å². The summed E-state index contributed by atoms with van der Waals surface area (Å²) in [5.74, 6) is 0. The van der Waals surface area contributed by atoms with Gasteiger partial charge < -0.3 is 9.64 Å². The molecule has 1 saturated heterocycles. The molecule has 2 heterocycles. The molecular formula is C15H22N2O2S. The molecule has 0 aromatic carbocycles. The van der Waals surface area contributed by atoms with Crippen LogP contribution in [0.3, 0.4) is 0 Å². The van der Waals surface area contributed by atoms with Crippen molar-refractivity contribution in [3.05, 3.63) is 24.0 Å². The predicted molar refractivity (Wildman–Crippen MR) is 81.0 cm³/mol. The number of aromatic nitrogens is 1. The molecule has 5 heteroatoms. The summed E-state index contributed by atoms with van der Waals surface area (Å²) in [7, 11) is 0. The van der Waals surface area contributed by atoms with Crippen molar-refractivity contribution in [1.29, 1.82) is 0 Å². The van der Waals surface area contributed by atoms with Gasteiger partial charge in [0.1, 0.15) is 5.60 Å². The Bertz CT molecular complexity index is 485. The SMILES string of the molecule is Cc1cc(SC2CCN(C(=O)OC(C)(C)C)C2)ccn1. The van der Waals surface area contributed by atoms with Crippen LogP contribution in [0.15, 0.2) is 23.2 Å². The molecule has 20 heavy (non-hydrogen) atoms. The summed E-state index contributed by atoms with van der Waals surface area (Å²) < 4.78 is 5.41. The number of hydrogen-bond donors (Lipinski definition) is 0. The lowest BCUT2D eigenvalue weighted by molar-refractivity contribution is 0.0295. The molecule has 2 rings (SSSR count). The third-order valence-electron chi connectivity index (χ3n) is 2.97. The number of aryl methyl sites for hydroxylation is 1. The first-order valence-corrected chi connectivity index (χ1v) is 7.79. The van der Waals surface area contributed by atoms with Crippen molar-refractivity contribution >= 4 is 17.9 Å². The van der Waals surface area contributed by atoms with Crippen molar-refractivity contribution in [3.8, 4) is 0 Å². The number of carbonyl (C=O) groups excluding carboxylic acids is 1. The fraction of sp³-hybridized carbons (Fsp3) is 0.600. The van der Waals surface area contributed by atoms with Gasteiger partial charge in [0, 0.05) is 35.1 Å². The van der Waals surface area contributed by atoms with Gasteiger partial charge >= 0.3 is 6.09 Å². The molecule has 0 saturated carbocycles. The van der Waals surface area contributed by atoms with Crippen molar-refractivity contribution in [2.24, 2.45) is 0 Å². The monoisotopic (exact) mass is 294 g/mol. The van der Waals surface area contributed by atoms with E-state index in [1.54, 1.807) is 4.90 Å². The van der Waals surface area contributed by atoms with Gasteiger partial charge in [-0.1, -0.05) is 0 Å². The number of carbonyl (C=O) groups is 1. The molecule has 0 aliphatic carbocycles. The highest BCUT2D eigenvalue weighted by molar-refractivity contribution is 8.00. The first kappa shape index (κ1) is 15.2. The molecule has 1 aliphatic heterocycles. The van der Waals surface area contributed by atoms with Crippen molar-refractivity contribution in [1.82, 2.24) is 9.88 Å². The van der Waals surface area contributed by atoms with Crippen molar-refractivity contribution in [3.63, 3.8) is 0 Å². The van der Waals surface area contributed by atoms with Gasteiger partial charge in [-0.15, -0.1) is 11.8 Å². The third-order valence-corrected chi connectivity index (χ3v) is 4.21. The van der Waals surface area contributed by atoms with E-state index in [2.05, 4.69) is 11.1 Å². The second-order valence-corrected chi connectivity index (χ2v) is 7.46. The van der Waals surface area contributed by atoms with Crippen LogP contribution < -0.4 is 0 Å². The Hall–Kier alpha value is -1.23. The number of nitrogens with zero attached hydrogens (tertiary/aromatic N) is 2. The molecule has 4 nitrogen and oxygen atoms in total. The molecule has 1 aromatic heterocycles. The zero-order chi connectivity index (χ0) is 14.8. The molecule has 1 unspecified atom stereocenters. The quantitative estimate of drug-likeness (QED) is 0.837. The van der Waals surface area contributed by atoms with E-state index in [0.29, 0.717) is 5.25 Å². The molecule has 1 fully saturated rings. The molecule has 0 spiro atoms. The third kappa shape index (κ3) is 4.40. The Morgan fingerprint density at radius 3 is 2.90 bits per heavy atom. The molecule has 1 aliphatic rings. The topological polar surface area (TPSA) is 42.4 Å². The number of amides is 1. The maximum absolute atomic E-state index is 12.0. The zero-order valence-corrected chi connectivity index (χ0v) is 13.4. The summed E-state index contributed by atoms with van der Waals surface area (Å²) in [5, 5.41) is 0.435. The van der Waals surface area contributed by atoms with Gasteiger partial charge in [-0.25, -0.2) is 4.79 Å². The number of thioether (sulfide) groups is 1. The number of hydrogen-bond acceptors (Lipinski definition) is 4. The van der Waals surface area contributed by atoms with Gasteiger partial charge in [-0.05, 0) is 46.2 Å². The van der Waals surface area contributed by atoms with E-state index in [0.717, 1.165) is 25.2 Å². The summed E-state index contributed by atoms with van der Waals surface area (Å²) in [6.45, 7) is 9.20. The molecule has 0 N–H and O–H groups in total. The molecule has 0 radical (unpaired) electrons. The lowest BCUT2D eigenvalue weighted by Crippen LogP contribution is -2.35. The van der Waals surface area contributed by atoms with Crippen LogP contribution >= 0.6 is 11.8 Å². The van der Waals surface area contributed by atoms with Gasteiger partial charge in [-0.3, -0.25) is 4.98 Å². The van der Waals surface area contributed by atoms with Crippen molar-refractivity contribution < 1.29 is 9.53 Å². The summed E-state index contributed by atoms with van der Waals surface area (Å²) in [6.07, 6.45) is 2.63. The number of likely N-dealkylation sites (tertiary alicyclic amines) is 1. The van der Waals surface area contributed by atoms with Crippen molar-refractivity contribution in [2.45, 2.75) is 49.9 Å². The first-order chi connectivity index (χ1) is 9.33. The minimum atomic E-state index is -0.426. The van der Waals surface area contributed by atoms with Gasteiger partial charge in [-0.2, -0.15) is 0 Å². The highest BCUT2D eigenvalue weighted by Crippen LogP contribution is 2.30. The molecular weight excluding hydrogens is 272 g/mol. The van der Waals surface area contributed by atoms with Crippen LogP contribution in [0.5, 0.6) is 0 Å². The van der Waals surface area contributed by atoms with Gasteiger partial charge in [0.15, 0.2) is 0 Å². The Morgan fingerprint density at radius 1 is 1.50 bits per heavy atom. The predicted octanol–water partition coefficient (Wildman–Crippen LogP) is 3.49. The lowest BCUT2D eigenvalue weighted by atomic mass is 10.2. The van der Waals surface area contributed by atoms with E-state index >= 15 is 0 Å². The average molecular weight is 294 g/mol. The van der Waals surface area contributed by atoms with Gasteiger partial charge in [0.2, 0.25) is 0 Å². The van der Waals surface area contributed by atoms with E-state index in [1.165, 1.54) is 4.90 Å². The second kappa shape index (κ2) is 6.04. The van der Waals surface area contributed by atoms with Crippen LogP contribution in [0.25, 0.3) is 0 Å². The maximum atomic E-state index is 12.0. The normalized spacial score (nSPS) is 19.2. The van der Waals surface area contributed by atoms with Gasteiger partial charge in [0.25, 0.3) is 0 Å². The lowest BCUT2D eigenvalue weighted by Gasteiger charge is -2.24. The standard InChI is InChI=1S/C15H22N2O2S/c1-11-9-12(5-7-16-11)20-13-6-8-17(10-13)14(18)19-15(2,3)4/h5,7,9,13H,6,8,10H2,1-4H3. The van der Waals surface area contributed by atoms with Crippen LogP contribution in [0, 0.1) is 6.92 Å².